The standard InChI is InChI=1S/C6H7ClO2S/c1-4(8)5-6(7)10-3-2-9-5/h2-3H2,1H3. The number of thioether (sulfide) groups is 1. The van der Waals surface area contributed by atoms with Gasteiger partial charge in [0.15, 0.2) is 11.5 Å². The lowest BCUT2D eigenvalue weighted by Crippen LogP contribution is -2.10. The van der Waals surface area contributed by atoms with Gasteiger partial charge in [-0.1, -0.05) is 11.6 Å². The Hall–Kier alpha value is -0.150. The highest BCUT2D eigenvalue weighted by Gasteiger charge is 2.16. The van der Waals surface area contributed by atoms with Crippen molar-refractivity contribution >= 4 is 29.1 Å². The lowest BCUT2D eigenvalue weighted by Gasteiger charge is -2.14. The second-order valence-electron chi connectivity index (χ2n) is 1.86. The van der Waals surface area contributed by atoms with Gasteiger partial charge in [-0.3, -0.25) is 4.79 Å². The molecule has 1 rings (SSSR count). The molecule has 0 fully saturated rings. The van der Waals surface area contributed by atoms with Crippen LogP contribution in [0.1, 0.15) is 6.92 Å². The van der Waals surface area contributed by atoms with E-state index in [1.807, 2.05) is 0 Å². The van der Waals surface area contributed by atoms with Gasteiger partial charge >= 0.3 is 0 Å². The zero-order valence-electron chi connectivity index (χ0n) is 5.52. The van der Waals surface area contributed by atoms with E-state index in [0.717, 1.165) is 5.75 Å². The second kappa shape index (κ2) is 3.30. The number of allylic oxidation sites excluding steroid dienone is 1. The molecule has 1 aliphatic heterocycles. The zero-order valence-corrected chi connectivity index (χ0v) is 7.09. The molecule has 56 valence electrons. The Labute approximate surface area is 68.6 Å². The number of ketones is 1. The number of carbonyl (C=O) groups excluding carboxylic acids is 1. The van der Waals surface area contributed by atoms with Gasteiger partial charge in [-0.25, -0.2) is 0 Å². The summed E-state index contributed by atoms with van der Waals surface area (Å²) in [6.07, 6.45) is 0. The predicted octanol–water partition coefficient (Wildman–Crippen LogP) is 1.75. The van der Waals surface area contributed by atoms with E-state index in [1.54, 1.807) is 0 Å². The molecule has 10 heavy (non-hydrogen) atoms. The van der Waals surface area contributed by atoms with Crippen LogP contribution >= 0.6 is 23.4 Å². The van der Waals surface area contributed by atoms with Crippen LogP contribution in [0, 0.1) is 0 Å². The fraction of sp³-hybridized carbons (Fsp3) is 0.500. The molecular weight excluding hydrogens is 172 g/mol. The van der Waals surface area contributed by atoms with Crippen LogP contribution in [0.2, 0.25) is 0 Å². The van der Waals surface area contributed by atoms with E-state index in [-0.39, 0.29) is 5.78 Å². The Balaban J connectivity index is 2.78. The summed E-state index contributed by atoms with van der Waals surface area (Å²) in [5.74, 6) is 1.05. The molecule has 0 aromatic heterocycles. The molecule has 0 aromatic rings. The van der Waals surface area contributed by atoms with Crippen molar-refractivity contribution < 1.29 is 9.53 Å². The van der Waals surface area contributed by atoms with Crippen LogP contribution in [0.5, 0.6) is 0 Å². The van der Waals surface area contributed by atoms with E-state index in [0.29, 0.717) is 16.7 Å². The summed E-state index contributed by atoms with van der Waals surface area (Å²) in [5, 5.41) is 0. The lowest BCUT2D eigenvalue weighted by molar-refractivity contribution is -0.116. The van der Waals surface area contributed by atoms with Gasteiger partial charge in [0.1, 0.15) is 4.36 Å². The second-order valence-corrected chi connectivity index (χ2v) is 3.56. The van der Waals surface area contributed by atoms with Crippen molar-refractivity contribution in [3.05, 3.63) is 10.1 Å². The average molecular weight is 179 g/mol. The van der Waals surface area contributed by atoms with Crippen molar-refractivity contribution in [2.75, 3.05) is 12.4 Å². The third kappa shape index (κ3) is 1.67. The number of carbonyl (C=O) groups is 1. The number of Topliss-reactive ketones (excluding diaryl/α,β-unsaturated/α-hetero) is 1. The Bertz CT molecular complexity index is 188. The van der Waals surface area contributed by atoms with Crippen LogP contribution in [-0.4, -0.2) is 18.1 Å². The molecule has 4 heteroatoms. The van der Waals surface area contributed by atoms with Gasteiger partial charge in [-0.05, 0) is 0 Å². The molecule has 0 radical (unpaired) electrons. The quantitative estimate of drug-likeness (QED) is 0.612. The molecule has 0 saturated heterocycles. The molecule has 0 aromatic carbocycles. The smallest absolute Gasteiger partial charge is 0.196 e. The molecular formula is C6H7ClO2S. The van der Waals surface area contributed by atoms with Crippen molar-refractivity contribution in [1.29, 1.82) is 0 Å². The van der Waals surface area contributed by atoms with E-state index in [1.165, 1.54) is 18.7 Å². The largest absolute Gasteiger partial charge is 0.487 e. The van der Waals surface area contributed by atoms with Gasteiger partial charge in [-0.15, -0.1) is 11.8 Å². The zero-order chi connectivity index (χ0) is 7.56. The molecule has 1 aliphatic rings. The molecule has 0 bridgehead atoms. The third-order valence-corrected chi connectivity index (χ3v) is 2.37. The van der Waals surface area contributed by atoms with Crippen molar-refractivity contribution in [2.24, 2.45) is 0 Å². The fourth-order valence-corrected chi connectivity index (χ4v) is 1.74. The van der Waals surface area contributed by atoms with Crippen LogP contribution in [0.4, 0.5) is 0 Å². The van der Waals surface area contributed by atoms with Gasteiger partial charge in [0, 0.05) is 12.7 Å². The summed E-state index contributed by atoms with van der Waals surface area (Å²) in [6, 6.07) is 0. The van der Waals surface area contributed by atoms with E-state index in [4.69, 9.17) is 16.3 Å². The van der Waals surface area contributed by atoms with E-state index in [9.17, 15) is 4.79 Å². The molecule has 0 amide bonds. The predicted molar refractivity (Wildman–Crippen MR) is 42.0 cm³/mol. The summed E-state index contributed by atoms with van der Waals surface area (Å²) in [6.45, 7) is 2.03. The monoisotopic (exact) mass is 178 g/mol. The van der Waals surface area contributed by atoms with Crippen LogP contribution in [0.25, 0.3) is 0 Å². The normalized spacial score (nSPS) is 18.6. The highest BCUT2D eigenvalue weighted by atomic mass is 35.5. The van der Waals surface area contributed by atoms with Crippen molar-refractivity contribution in [1.82, 2.24) is 0 Å². The van der Waals surface area contributed by atoms with Crippen LogP contribution < -0.4 is 0 Å². The van der Waals surface area contributed by atoms with Gasteiger partial charge < -0.3 is 4.74 Å². The highest BCUT2D eigenvalue weighted by Crippen LogP contribution is 2.28. The first-order valence-corrected chi connectivity index (χ1v) is 4.24. The van der Waals surface area contributed by atoms with Crippen molar-refractivity contribution in [3.8, 4) is 0 Å². The maximum atomic E-state index is 10.7. The fourth-order valence-electron chi connectivity index (χ4n) is 0.637. The highest BCUT2D eigenvalue weighted by molar-refractivity contribution is 8.04. The van der Waals surface area contributed by atoms with Crippen molar-refractivity contribution in [2.45, 2.75) is 6.92 Å². The number of hydrogen-bond donors (Lipinski definition) is 0. The molecule has 1 heterocycles. The number of rotatable bonds is 1. The van der Waals surface area contributed by atoms with Crippen LogP contribution in [0.15, 0.2) is 10.1 Å². The average Bonchev–Trinajstić information content (AvgIpc) is 1.88. The SMILES string of the molecule is CC(=O)C1=C(Cl)SCCO1. The molecule has 0 N–H and O–H groups in total. The van der Waals surface area contributed by atoms with Crippen LogP contribution in [-0.2, 0) is 9.53 Å². The minimum atomic E-state index is -0.0998. The minimum absolute atomic E-state index is 0.0998. The minimum Gasteiger partial charge on any atom is -0.487 e. The van der Waals surface area contributed by atoms with Gasteiger partial charge in [0.2, 0.25) is 0 Å². The summed E-state index contributed by atoms with van der Waals surface area (Å²) in [5.41, 5.74) is 0. The Kier molecular flexibility index (Phi) is 2.63. The summed E-state index contributed by atoms with van der Waals surface area (Å²) in [7, 11) is 0. The molecule has 0 unspecified atom stereocenters. The lowest BCUT2D eigenvalue weighted by atomic mass is 10.4. The first kappa shape index (κ1) is 7.95. The van der Waals surface area contributed by atoms with Gasteiger partial charge in [0.05, 0.1) is 6.61 Å². The van der Waals surface area contributed by atoms with Gasteiger partial charge in [0.25, 0.3) is 0 Å². The maximum absolute atomic E-state index is 10.7. The summed E-state index contributed by atoms with van der Waals surface area (Å²) >= 11 is 7.13. The number of halogens is 1. The maximum Gasteiger partial charge on any atom is 0.196 e. The molecule has 0 saturated carbocycles. The number of hydrogen-bond acceptors (Lipinski definition) is 3. The summed E-state index contributed by atoms with van der Waals surface area (Å²) in [4.78, 5) is 10.7. The third-order valence-electron chi connectivity index (χ3n) is 1.06. The Morgan fingerprint density at radius 3 is 2.90 bits per heavy atom. The first-order valence-electron chi connectivity index (χ1n) is 2.88. The first-order chi connectivity index (χ1) is 4.72. The Morgan fingerprint density at radius 2 is 2.50 bits per heavy atom. The molecule has 0 spiro atoms. The summed E-state index contributed by atoms with van der Waals surface area (Å²) < 4.78 is 5.51. The van der Waals surface area contributed by atoms with Crippen LogP contribution in [0.3, 0.4) is 0 Å². The van der Waals surface area contributed by atoms with E-state index in [2.05, 4.69) is 0 Å². The molecule has 0 aliphatic carbocycles. The number of ether oxygens (including phenoxy) is 1. The Morgan fingerprint density at radius 1 is 1.80 bits per heavy atom. The molecule has 0 atom stereocenters. The van der Waals surface area contributed by atoms with E-state index >= 15 is 0 Å². The molecule has 2 nitrogen and oxygen atoms in total. The topological polar surface area (TPSA) is 26.3 Å². The van der Waals surface area contributed by atoms with Crippen molar-refractivity contribution in [3.63, 3.8) is 0 Å². The van der Waals surface area contributed by atoms with E-state index < -0.39 is 0 Å². The van der Waals surface area contributed by atoms with Gasteiger partial charge in [-0.2, -0.15) is 0 Å².